The maximum atomic E-state index is 13.0. The first kappa shape index (κ1) is 17.1. The fourth-order valence-corrected chi connectivity index (χ4v) is 10.3. The molecule has 0 bridgehead atoms. The Kier molecular flexibility index (Phi) is 5.23. The summed E-state index contributed by atoms with van der Waals surface area (Å²) in [5.41, 5.74) is 0. The first-order valence-electron chi connectivity index (χ1n) is 6.69. The Labute approximate surface area is 118 Å². The fraction of sp³-hybridized carbons (Fsp3) is 0.909. The molecule has 1 aliphatic rings. The lowest BCUT2D eigenvalue weighted by Gasteiger charge is -2.33. The zero-order valence-corrected chi connectivity index (χ0v) is 15.8. The summed E-state index contributed by atoms with van der Waals surface area (Å²) >= 11 is 0. The number of hydrogen-bond acceptors (Lipinski definition) is 4. The van der Waals surface area contributed by atoms with Crippen LogP contribution in [-0.2, 0) is 17.8 Å². The Hall–Kier alpha value is 0.0538. The molecule has 0 atom stereocenters. The van der Waals surface area contributed by atoms with Gasteiger partial charge in [0.05, 0.1) is 0 Å². The van der Waals surface area contributed by atoms with E-state index >= 15 is 0 Å². The van der Waals surface area contributed by atoms with Gasteiger partial charge in [0.1, 0.15) is 6.29 Å². The Balaban J connectivity index is 2.85. The molecule has 0 aromatic carbocycles. The Morgan fingerprint density at radius 3 is 1.89 bits per heavy atom. The Morgan fingerprint density at radius 2 is 1.58 bits per heavy atom. The van der Waals surface area contributed by atoms with Crippen LogP contribution in [0.3, 0.4) is 0 Å². The molecule has 0 aromatic heterocycles. The van der Waals surface area contributed by atoms with Gasteiger partial charge >= 0.3 is 7.60 Å². The number of carbonyl (C=O) groups is 1. The summed E-state index contributed by atoms with van der Waals surface area (Å²) in [4.78, 5) is 13.3. The van der Waals surface area contributed by atoms with E-state index in [1.807, 2.05) is 39.3 Å². The summed E-state index contributed by atoms with van der Waals surface area (Å²) in [5, 5.41) is 0. The number of amides is 1. The highest BCUT2D eigenvalue weighted by Gasteiger charge is 2.39. The van der Waals surface area contributed by atoms with Gasteiger partial charge < -0.3 is 13.3 Å². The van der Waals surface area contributed by atoms with E-state index in [4.69, 9.17) is 8.43 Å². The SMILES string of the molecule is C[Si](C)(C)OP(=O)(CN1CCCC1=O)O[Si](C)(C)C. The molecule has 112 valence electrons. The maximum absolute atomic E-state index is 13.0. The number of nitrogens with zero attached hydrogens (tertiary/aromatic N) is 1. The third-order valence-corrected chi connectivity index (χ3v) is 9.64. The molecule has 1 amide bonds. The van der Waals surface area contributed by atoms with Crippen LogP contribution in [0.2, 0.25) is 39.3 Å². The van der Waals surface area contributed by atoms with Gasteiger partial charge in [-0.2, -0.15) is 0 Å². The molecule has 8 heteroatoms. The van der Waals surface area contributed by atoms with Crippen LogP contribution >= 0.6 is 7.60 Å². The van der Waals surface area contributed by atoms with E-state index in [9.17, 15) is 9.36 Å². The van der Waals surface area contributed by atoms with Gasteiger partial charge in [-0.25, -0.2) is 0 Å². The zero-order valence-electron chi connectivity index (χ0n) is 12.9. The van der Waals surface area contributed by atoms with E-state index in [2.05, 4.69) is 0 Å². The number of rotatable bonds is 6. The molecule has 19 heavy (non-hydrogen) atoms. The Morgan fingerprint density at radius 1 is 1.11 bits per heavy atom. The van der Waals surface area contributed by atoms with Crippen molar-refractivity contribution in [1.82, 2.24) is 4.90 Å². The monoisotopic (exact) mass is 323 g/mol. The minimum Gasteiger partial charge on any atom is -0.350 e. The largest absolute Gasteiger partial charge is 0.350 e. The summed E-state index contributed by atoms with van der Waals surface area (Å²) in [5.74, 6) is 0.0542. The summed E-state index contributed by atoms with van der Waals surface area (Å²) in [6, 6.07) is 0. The van der Waals surface area contributed by atoms with Crippen LogP contribution in [0, 0.1) is 0 Å². The standard InChI is InChI=1S/C11H26NO4PSi2/c1-18(2,3)15-17(14,16-19(4,5)6)10-12-9-7-8-11(12)13/h7-10H2,1-6H3. The molecule has 0 N–H and O–H groups in total. The zero-order chi connectivity index (χ0) is 14.9. The third-order valence-electron chi connectivity index (χ3n) is 2.34. The molecule has 1 heterocycles. The predicted octanol–water partition coefficient (Wildman–Crippen LogP) is 3.46. The smallest absolute Gasteiger partial charge is 0.330 e. The molecule has 0 spiro atoms. The van der Waals surface area contributed by atoms with Crippen LogP contribution in [-0.4, -0.2) is 40.3 Å². The molecule has 0 saturated carbocycles. The number of hydrogen-bond donors (Lipinski definition) is 0. The van der Waals surface area contributed by atoms with Crippen molar-refractivity contribution in [1.29, 1.82) is 0 Å². The highest BCUT2D eigenvalue weighted by Crippen LogP contribution is 2.53. The lowest BCUT2D eigenvalue weighted by molar-refractivity contribution is -0.127. The van der Waals surface area contributed by atoms with Gasteiger partial charge in [0, 0.05) is 13.0 Å². The van der Waals surface area contributed by atoms with Crippen LogP contribution < -0.4 is 0 Å². The minimum atomic E-state index is -3.22. The molecule has 1 fully saturated rings. The first-order valence-corrected chi connectivity index (χ1v) is 15.2. The van der Waals surface area contributed by atoms with Gasteiger partial charge in [-0.05, 0) is 45.7 Å². The van der Waals surface area contributed by atoms with E-state index in [0.717, 1.165) is 6.42 Å². The quantitative estimate of drug-likeness (QED) is 0.555. The predicted molar refractivity (Wildman–Crippen MR) is 82.3 cm³/mol. The van der Waals surface area contributed by atoms with Gasteiger partial charge in [0.15, 0.2) is 16.6 Å². The third kappa shape index (κ3) is 6.36. The summed E-state index contributed by atoms with van der Waals surface area (Å²) in [7, 11) is -7.20. The molecule has 0 aliphatic carbocycles. The van der Waals surface area contributed by atoms with Gasteiger partial charge in [0.2, 0.25) is 5.91 Å². The van der Waals surface area contributed by atoms with Crippen LogP contribution in [0.25, 0.3) is 0 Å². The van der Waals surface area contributed by atoms with Crippen molar-refractivity contribution >= 4 is 30.1 Å². The summed E-state index contributed by atoms with van der Waals surface area (Å²) in [6.45, 7) is 12.6. The molecular weight excluding hydrogens is 297 g/mol. The molecule has 1 rings (SSSR count). The van der Waals surface area contributed by atoms with Crippen molar-refractivity contribution < 1.29 is 17.8 Å². The maximum Gasteiger partial charge on any atom is 0.330 e. The van der Waals surface area contributed by atoms with Crippen LogP contribution in [0.5, 0.6) is 0 Å². The molecule has 1 aliphatic heterocycles. The van der Waals surface area contributed by atoms with Crippen molar-refractivity contribution in [3.8, 4) is 0 Å². The molecule has 0 radical (unpaired) electrons. The van der Waals surface area contributed by atoms with Gasteiger partial charge in [-0.15, -0.1) is 0 Å². The lowest BCUT2D eigenvalue weighted by atomic mass is 10.4. The van der Waals surface area contributed by atoms with Gasteiger partial charge in [0.25, 0.3) is 0 Å². The van der Waals surface area contributed by atoms with E-state index in [-0.39, 0.29) is 12.2 Å². The highest BCUT2D eigenvalue weighted by atomic mass is 31.2. The van der Waals surface area contributed by atoms with E-state index in [1.165, 1.54) is 0 Å². The second-order valence-corrected chi connectivity index (χ2v) is 18.3. The lowest BCUT2D eigenvalue weighted by Crippen LogP contribution is -2.35. The van der Waals surface area contributed by atoms with Crippen molar-refractivity contribution in [3.05, 3.63) is 0 Å². The van der Waals surface area contributed by atoms with Crippen molar-refractivity contribution in [2.45, 2.75) is 52.1 Å². The van der Waals surface area contributed by atoms with E-state index in [0.29, 0.717) is 13.0 Å². The normalized spacial score (nSPS) is 18.2. The minimum absolute atomic E-state index is 0.0542. The fourth-order valence-electron chi connectivity index (χ4n) is 1.97. The van der Waals surface area contributed by atoms with E-state index < -0.39 is 24.2 Å². The Bertz CT molecular complexity index is 369. The molecule has 1 saturated heterocycles. The second kappa shape index (κ2) is 5.81. The van der Waals surface area contributed by atoms with E-state index in [1.54, 1.807) is 4.90 Å². The van der Waals surface area contributed by atoms with Gasteiger partial charge in [-0.3, -0.25) is 9.36 Å². The van der Waals surface area contributed by atoms with Crippen LogP contribution in [0.1, 0.15) is 12.8 Å². The summed E-state index contributed by atoms with van der Waals surface area (Å²) < 4.78 is 24.6. The van der Waals surface area contributed by atoms with Gasteiger partial charge in [-0.1, -0.05) is 0 Å². The average molecular weight is 323 g/mol. The average Bonchev–Trinajstić information content (AvgIpc) is 2.43. The van der Waals surface area contributed by atoms with Crippen LogP contribution in [0.4, 0.5) is 0 Å². The van der Waals surface area contributed by atoms with Crippen LogP contribution in [0.15, 0.2) is 0 Å². The van der Waals surface area contributed by atoms with Crippen molar-refractivity contribution in [2.24, 2.45) is 0 Å². The molecule has 5 nitrogen and oxygen atoms in total. The summed E-state index contributed by atoms with van der Waals surface area (Å²) in [6.07, 6.45) is 1.49. The first-order chi connectivity index (χ1) is 8.40. The molecular formula is C11H26NO4PSi2. The molecule has 0 unspecified atom stereocenters. The van der Waals surface area contributed by atoms with Crippen molar-refractivity contribution in [2.75, 3.05) is 12.8 Å². The van der Waals surface area contributed by atoms with Crippen molar-refractivity contribution in [3.63, 3.8) is 0 Å². The number of carbonyl (C=O) groups excluding carboxylic acids is 1. The topological polar surface area (TPSA) is 55.8 Å². The highest BCUT2D eigenvalue weighted by molar-refractivity contribution is 7.57. The number of likely N-dealkylation sites (tertiary alicyclic amines) is 1. The molecule has 0 aromatic rings. The second-order valence-electron chi connectivity index (χ2n) is 6.92.